The molecule has 0 aliphatic heterocycles. The molecule has 0 aliphatic carbocycles. The number of furan rings is 1. The minimum atomic E-state index is -1.03. The maximum atomic E-state index is 10.7. The van der Waals surface area contributed by atoms with E-state index in [2.05, 4.69) is 12.2 Å². The van der Waals surface area contributed by atoms with Crippen LogP contribution in [0.25, 0.3) is 0 Å². The summed E-state index contributed by atoms with van der Waals surface area (Å²) in [6, 6.07) is 1.57. The first-order valence-electron chi connectivity index (χ1n) is 6.76. The molecule has 0 radical (unpaired) electrons. The van der Waals surface area contributed by atoms with Crippen molar-refractivity contribution in [1.29, 1.82) is 0 Å². The Morgan fingerprint density at radius 1 is 1.42 bits per heavy atom. The van der Waals surface area contributed by atoms with Gasteiger partial charge in [0.1, 0.15) is 5.76 Å². The summed E-state index contributed by atoms with van der Waals surface area (Å²) in [4.78, 5) is 10.7. The van der Waals surface area contributed by atoms with Gasteiger partial charge in [-0.2, -0.15) is 0 Å². The van der Waals surface area contributed by atoms with Gasteiger partial charge in [0, 0.05) is 25.3 Å². The fourth-order valence-electron chi connectivity index (χ4n) is 1.67. The molecule has 5 nitrogen and oxygen atoms in total. The van der Waals surface area contributed by atoms with Crippen LogP contribution in [0.1, 0.15) is 48.1 Å². The van der Waals surface area contributed by atoms with Crippen LogP contribution in [-0.4, -0.2) is 30.8 Å². The monoisotopic (exact) mass is 269 g/mol. The molecule has 5 heteroatoms. The van der Waals surface area contributed by atoms with E-state index < -0.39 is 5.97 Å². The van der Waals surface area contributed by atoms with Gasteiger partial charge in [-0.05, 0) is 32.4 Å². The van der Waals surface area contributed by atoms with Gasteiger partial charge in [-0.15, -0.1) is 0 Å². The van der Waals surface area contributed by atoms with Crippen molar-refractivity contribution < 1.29 is 19.1 Å². The number of aryl methyl sites for hydroxylation is 1. The van der Waals surface area contributed by atoms with Gasteiger partial charge in [-0.25, -0.2) is 4.79 Å². The molecule has 1 aromatic heterocycles. The first-order valence-corrected chi connectivity index (χ1v) is 6.76. The fraction of sp³-hybridized carbons (Fsp3) is 0.643. The van der Waals surface area contributed by atoms with Crippen molar-refractivity contribution >= 4 is 5.97 Å². The third-order valence-electron chi connectivity index (χ3n) is 2.83. The van der Waals surface area contributed by atoms with E-state index in [-0.39, 0.29) is 5.76 Å². The van der Waals surface area contributed by atoms with Crippen molar-refractivity contribution in [3.8, 4) is 0 Å². The zero-order chi connectivity index (χ0) is 14.1. The maximum Gasteiger partial charge on any atom is 0.371 e. The second-order valence-electron chi connectivity index (χ2n) is 4.49. The Kier molecular flexibility index (Phi) is 7.22. The molecule has 0 saturated heterocycles. The highest BCUT2D eigenvalue weighted by Crippen LogP contribution is 2.14. The molecular formula is C14H23NO4. The SMILES string of the molecule is CCCCOCCCNCc1cc(C(=O)O)oc1C. The molecule has 0 atom stereocenters. The molecule has 2 N–H and O–H groups in total. The molecule has 0 bridgehead atoms. The second-order valence-corrected chi connectivity index (χ2v) is 4.49. The molecule has 0 amide bonds. The fourth-order valence-corrected chi connectivity index (χ4v) is 1.67. The molecule has 0 aromatic carbocycles. The third kappa shape index (κ3) is 5.89. The third-order valence-corrected chi connectivity index (χ3v) is 2.83. The number of carbonyl (C=O) groups is 1. The first kappa shape index (κ1) is 15.7. The quantitative estimate of drug-likeness (QED) is 0.639. The van der Waals surface area contributed by atoms with Crippen LogP contribution in [0.5, 0.6) is 0 Å². The number of carboxylic acids is 1. The molecule has 0 fully saturated rings. The standard InChI is InChI=1S/C14H23NO4/c1-3-4-7-18-8-5-6-15-10-12-9-13(14(16)17)19-11(12)2/h9,15H,3-8,10H2,1-2H3,(H,16,17). The largest absolute Gasteiger partial charge is 0.475 e. The average Bonchev–Trinajstić information content (AvgIpc) is 2.74. The van der Waals surface area contributed by atoms with E-state index in [1.807, 2.05) is 0 Å². The van der Waals surface area contributed by atoms with Crippen molar-refractivity contribution in [3.05, 3.63) is 23.2 Å². The van der Waals surface area contributed by atoms with Gasteiger partial charge in [0.25, 0.3) is 0 Å². The summed E-state index contributed by atoms with van der Waals surface area (Å²) >= 11 is 0. The smallest absolute Gasteiger partial charge is 0.371 e. The number of hydrogen-bond acceptors (Lipinski definition) is 4. The van der Waals surface area contributed by atoms with E-state index in [0.717, 1.165) is 44.6 Å². The molecule has 0 unspecified atom stereocenters. The molecule has 1 aromatic rings. The molecule has 19 heavy (non-hydrogen) atoms. The van der Waals surface area contributed by atoms with Gasteiger partial charge in [0.2, 0.25) is 5.76 Å². The summed E-state index contributed by atoms with van der Waals surface area (Å²) in [6.45, 7) is 6.98. The first-order chi connectivity index (χ1) is 9.15. The van der Waals surface area contributed by atoms with Gasteiger partial charge in [0.15, 0.2) is 0 Å². The highest BCUT2D eigenvalue weighted by atomic mass is 16.5. The number of hydrogen-bond donors (Lipinski definition) is 2. The Morgan fingerprint density at radius 2 is 2.16 bits per heavy atom. The number of carboxylic acid groups (broad SMARTS) is 1. The van der Waals surface area contributed by atoms with E-state index in [0.29, 0.717) is 12.3 Å². The van der Waals surface area contributed by atoms with Gasteiger partial charge in [-0.3, -0.25) is 0 Å². The molecule has 0 aliphatic rings. The van der Waals surface area contributed by atoms with Crippen molar-refractivity contribution in [2.45, 2.75) is 39.7 Å². The molecular weight excluding hydrogens is 246 g/mol. The van der Waals surface area contributed by atoms with Gasteiger partial charge in [-0.1, -0.05) is 13.3 Å². The summed E-state index contributed by atoms with van der Waals surface area (Å²) in [5.41, 5.74) is 0.893. The summed E-state index contributed by atoms with van der Waals surface area (Å²) in [5, 5.41) is 12.1. The van der Waals surface area contributed by atoms with E-state index in [1.165, 1.54) is 0 Å². The number of ether oxygens (including phenoxy) is 1. The summed E-state index contributed by atoms with van der Waals surface area (Å²) in [5.74, 6) is -0.375. The lowest BCUT2D eigenvalue weighted by Gasteiger charge is -2.05. The second kappa shape index (κ2) is 8.72. The zero-order valence-electron chi connectivity index (χ0n) is 11.7. The Bertz CT molecular complexity index is 387. The summed E-state index contributed by atoms with van der Waals surface area (Å²) in [7, 11) is 0. The lowest BCUT2D eigenvalue weighted by molar-refractivity contribution is 0.0661. The zero-order valence-corrected chi connectivity index (χ0v) is 11.7. The van der Waals surface area contributed by atoms with Crippen LogP contribution >= 0.6 is 0 Å². The predicted octanol–water partition coefficient (Wildman–Crippen LogP) is 2.58. The van der Waals surface area contributed by atoms with Crippen molar-refractivity contribution in [2.24, 2.45) is 0 Å². The van der Waals surface area contributed by atoms with Gasteiger partial charge < -0.3 is 19.6 Å². The van der Waals surface area contributed by atoms with E-state index in [4.69, 9.17) is 14.3 Å². The minimum absolute atomic E-state index is 0.00259. The van der Waals surface area contributed by atoms with Crippen LogP contribution in [0.4, 0.5) is 0 Å². The van der Waals surface area contributed by atoms with Gasteiger partial charge in [0.05, 0.1) is 0 Å². The molecule has 1 rings (SSSR count). The van der Waals surface area contributed by atoms with Crippen LogP contribution in [-0.2, 0) is 11.3 Å². The predicted molar refractivity (Wildman–Crippen MR) is 72.5 cm³/mol. The lowest BCUT2D eigenvalue weighted by atomic mass is 10.2. The molecule has 108 valence electrons. The van der Waals surface area contributed by atoms with Crippen molar-refractivity contribution in [1.82, 2.24) is 5.32 Å². The average molecular weight is 269 g/mol. The van der Waals surface area contributed by atoms with E-state index in [1.54, 1.807) is 13.0 Å². The van der Waals surface area contributed by atoms with Crippen LogP contribution in [0.15, 0.2) is 10.5 Å². The topological polar surface area (TPSA) is 71.7 Å². The van der Waals surface area contributed by atoms with Gasteiger partial charge >= 0.3 is 5.97 Å². The van der Waals surface area contributed by atoms with Crippen LogP contribution < -0.4 is 5.32 Å². The number of aromatic carboxylic acids is 1. The lowest BCUT2D eigenvalue weighted by Crippen LogP contribution is -2.16. The minimum Gasteiger partial charge on any atom is -0.475 e. The highest BCUT2D eigenvalue weighted by Gasteiger charge is 2.12. The van der Waals surface area contributed by atoms with Crippen LogP contribution in [0.2, 0.25) is 0 Å². The van der Waals surface area contributed by atoms with Crippen molar-refractivity contribution in [2.75, 3.05) is 19.8 Å². The Balaban J connectivity index is 2.14. The molecule has 0 saturated carbocycles. The van der Waals surface area contributed by atoms with E-state index >= 15 is 0 Å². The number of nitrogens with one attached hydrogen (secondary N) is 1. The van der Waals surface area contributed by atoms with E-state index in [9.17, 15) is 4.79 Å². The Labute approximate surface area is 113 Å². The normalized spacial score (nSPS) is 10.8. The number of rotatable bonds is 10. The Hall–Kier alpha value is -1.33. The summed E-state index contributed by atoms with van der Waals surface area (Å²) < 4.78 is 10.6. The van der Waals surface area contributed by atoms with Crippen LogP contribution in [0, 0.1) is 6.92 Å². The maximum absolute atomic E-state index is 10.7. The summed E-state index contributed by atoms with van der Waals surface area (Å²) in [6.07, 6.45) is 3.22. The molecule has 0 spiro atoms. The molecule has 1 heterocycles. The number of unbranched alkanes of at least 4 members (excludes halogenated alkanes) is 1. The Morgan fingerprint density at radius 3 is 2.79 bits per heavy atom. The van der Waals surface area contributed by atoms with Crippen LogP contribution in [0.3, 0.4) is 0 Å². The van der Waals surface area contributed by atoms with Crippen molar-refractivity contribution in [3.63, 3.8) is 0 Å². The highest BCUT2D eigenvalue weighted by molar-refractivity contribution is 5.84.